The molecule has 0 unspecified atom stereocenters. The summed E-state index contributed by atoms with van der Waals surface area (Å²) in [6, 6.07) is 4.78. The summed E-state index contributed by atoms with van der Waals surface area (Å²) in [7, 11) is -2.86. The van der Waals surface area contributed by atoms with Crippen molar-refractivity contribution < 1.29 is 13.6 Å². The Balaban J connectivity index is 3.63. The third-order valence-electron chi connectivity index (χ3n) is 4.16. The minimum atomic E-state index is -1.47. The summed E-state index contributed by atoms with van der Waals surface area (Å²) in [4.78, 5) is 0. The van der Waals surface area contributed by atoms with E-state index in [0.29, 0.717) is 0 Å². The predicted molar refractivity (Wildman–Crippen MR) is 92.5 cm³/mol. The summed E-state index contributed by atoms with van der Waals surface area (Å²) in [6.07, 6.45) is 1.02. The molecule has 20 heavy (non-hydrogen) atoms. The predicted octanol–water partition coefficient (Wildman–Crippen LogP) is 4.66. The van der Waals surface area contributed by atoms with Gasteiger partial charge >= 0.3 is 0 Å². The molecule has 0 aliphatic carbocycles. The normalized spacial score (nSPS) is 12.9. The lowest BCUT2D eigenvalue weighted by atomic mass is 10.5. The first-order valence-corrected chi connectivity index (χ1v) is 14.0. The van der Waals surface area contributed by atoms with E-state index in [0.717, 1.165) is 38.9 Å². The molecule has 0 fully saturated rings. The summed E-state index contributed by atoms with van der Waals surface area (Å²) in [5, 5.41) is 0. The zero-order chi connectivity index (χ0) is 15.5. The molecule has 0 saturated carbocycles. The Labute approximate surface area is 128 Å². The van der Waals surface area contributed by atoms with Gasteiger partial charge in [0.05, 0.1) is 0 Å². The van der Waals surface area contributed by atoms with Crippen molar-refractivity contribution in [3.63, 3.8) is 0 Å². The lowest BCUT2D eigenvalue weighted by Crippen LogP contribution is -2.36. The fourth-order valence-corrected chi connectivity index (χ4v) is 6.64. The van der Waals surface area contributed by atoms with E-state index < -0.39 is 16.6 Å². The van der Waals surface area contributed by atoms with Gasteiger partial charge in [0.1, 0.15) is 0 Å². The fraction of sp³-hybridized carbons (Fsp3) is 1.00. The molecular weight excluding hydrogens is 284 g/mol. The summed E-state index contributed by atoms with van der Waals surface area (Å²) in [6.45, 7) is 16.7. The van der Waals surface area contributed by atoms with Gasteiger partial charge in [0.25, 0.3) is 0 Å². The maximum atomic E-state index is 6.21. The van der Waals surface area contributed by atoms with Crippen molar-refractivity contribution in [1.82, 2.24) is 0 Å². The molecule has 0 rings (SSSR count). The van der Waals surface area contributed by atoms with Crippen LogP contribution in [0.1, 0.15) is 34.1 Å². The molecule has 0 aliphatic rings. The maximum absolute atomic E-state index is 6.21. The smallest absolute Gasteiger partial charge is 0.191 e. The molecule has 3 nitrogen and oxygen atoms in total. The van der Waals surface area contributed by atoms with Crippen molar-refractivity contribution in [2.75, 3.05) is 26.4 Å². The molecule has 0 spiro atoms. The molecular formula is C15H36O3Si2. The maximum Gasteiger partial charge on any atom is 0.191 e. The molecule has 0 saturated heterocycles. The first-order valence-electron chi connectivity index (χ1n) is 8.31. The number of ether oxygens (including phenoxy) is 1. The highest BCUT2D eigenvalue weighted by molar-refractivity contribution is 6.73. The molecule has 0 heterocycles. The first-order chi connectivity index (χ1) is 9.45. The fourth-order valence-electron chi connectivity index (χ4n) is 2.39. The van der Waals surface area contributed by atoms with Crippen molar-refractivity contribution in [3.8, 4) is 0 Å². The number of hydrogen-bond acceptors (Lipinski definition) is 3. The zero-order valence-corrected chi connectivity index (χ0v) is 16.6. The van der Waals surface area contributed by atoms with Gasteiger partial charge in [-0.15, -0.1) is 0 Å². The van der Waals surface area contributed by atoms with Gasteiger partial charge in [-0.3, -0.25) is 0 Å². The van der Waals surface area contributed by atoms with Crippen LogP contribution >= 0.6 is 0 Å². The average Bonchev–Trinajstić information content (AvgIpc) is 2.42. The molecule has 0 atom stereocenters. The van der Waals surface area contributed by atoms with Crippen LogP contribution in [0.25, 0.3) is 0 Å². The van der Waals surface area contributed by atoms with E-state index >= 15 is 0 Å². The summed E-state index contributed by atoms with van der Waals surface area (Å²) in [5.41, 5.74) is 0. The molecule has 122 valence electrons. The standard InChI is InChI=1S/C15H36O3Si2/c1-7-17-19(5,6)15-14-16-12-11-13-18-20(8-2,9-3)10-4/h7-15H2,1-6H3. The van der Waals surface area contributed by atoms with Crippen molar-refractivity contribution in [2.45, 2.75) is 71.4 Å². The molecule has 0 aromatic carbocycles. The van der Waals surface area contributed by atoms with Gasteiger partial charge < -0.3 is 13.6 Å². The highest BCUT2D eigenvalue weighted by Gasteiger charge is 2.28. The topological polar surface area (TPSA) is 27.7 Å². The van der Waals surface area contributed by atoms with E-state index in [1.54, 1.807) is 0 Å². The Morgan fingerprint density at radius 3 is 1.85 bits per heavy atom. The van der Waals surface area contributed by atoms with Crippen molar-refractivity contribution in [3.05, 3.63) is 0 Å². The lowest BCUT2D eigenvalue weighted by molar-refractivity contribution is 0.125. The quantitative estimate of drug-likeness (QED) is 0.365. The molecule has 5 heteroatoms. The monoisotopic (exact) mass is 320 g/mol. The molecule has 0 aliphatic heterocycles. The van der Waals surface area contributed by atoms with Gasteiger partial charge in [-0.2, -0.15) is 0 Å². The van der Waals surface area contributed by atoms with E-state index in [-0.39, 0.29) is 0 Å². The van der Waals surface area contributed by atoms with Crippen LogP contribution in [0.4, 0.5) is 0 Å². The SMILES string of the molecule is CCO[Si](C)(C)CCOCCCO[Si](CC)(CC)CC. The Morgan fingerprint density at radius 2 is 1.35 bits per heavy atom. The van der Waals surface area contributed by atoms with Crippen LogP contribution < -0.4 is 0 Å². The van der Waals surface area contributed by atoms with Crippen molar-refractivity contribution >= 4 is 16.6 Å². The Kier molecular flexibility index (Phi) is 11.1. The minimum Gasteiger partial charge on any atom is -0.418 e. The summed E-state index contributed by atoms with van der Waals surface area (Å²) < 4.78 is 17.7. The van der Waals surface area contributed by atoms with Crippen LogP contribution in [0.2, 0.25) is 37.3 Å². The Hall–Kier alpha value is 0.314. The van der Waals surface area contributed by atoms with Gasteiger partial charge in [0, 0.05) is 26.4 Å². The highest BCUT2D eigenvalue weighted by Crippen LogP contribution is 2.21. The third kappa shape index (κ3) is 8.57. The van der Waals surface area contributed by atoms with E-state index in [2.05, 4.69) is 40.8 Å². The number of rotatable bonds is 13. The second-order valence-corrected chi connectivity index (χ2v) is 15.1. The lowest BCUT2D eigenvalue weighted by Gasteiger charge is -2.28. The molecule has 0 N–H and O–H groups in total. The summed E-state index contributed by atoms with van der Waals surface area (Å²) in [5.74, 6) is 0. The van der Waals surface area contributed by atoms with Crippen LogP contribution in [-0.4, -0.2) is 43.1 Å². The average molecular weight is 321 g/mol. The van der Waals surface area contributed by atoms with Crippen LogP contribution in [0.3, 0.4) is 0 Å². The largest absolute Gasteiger partial charge is 0.418 e. The molecule has 0 amide bonds. The van der Waals surface area contributed by atoms with Crippen LogP contribution in [-0.2, 0) is 13.6 Å². The van der Waals surface area contributed by atoms with Crippen LogP contribution in [0.15, 0.2) is 0 Å². The summed E-state index contributed by atoms with van der Waals surface area (Å²) >= 11 is 0. The number of hydrogen-bond donors (Lipinski definition) is 0. The molecule has 0 bridgehead atoms. The second-order valence-electron chi connectivity index (χ2n) is 6.00. The first kappa shape index (κ1) is 20.3. The van der Waals surface area contributed by atoms with Crippen LogP contribution in [0, 0.1) is 0 Å². The van der Waals surface area contributed by atoms with E-state index in [1.807, 2.05) is 0 Å². The zero-order valence-electron chi connectivity index (χ0n) is 14.6. The van der Waals surface area contributed by atoms with Crippen molar-refractivity contribution in [2.24, 2.45) is 0 Å². The Bertz CT molecular complexity index is 223. The second kappa shape index (κ2) is 11.0. The van der Waals surface area contributed by atoms with Gasteiger partial charge in [0.15, 0.2) is 16.6 Å². The molecule has 0 radical (unpaired) electrons. The van der Waals surface area contributed by atoms with E-state index in [4.69, 9.17) is 13.6 Å². The van der Waals surface area contributed by atoms with Gasteiger partial charge in [-0.05, 0) is 50.6 Å². The van der Waals surface area contributed by atoms with Crippen molar-refractivity contribution in [1.29, 1.82) is 0 Å². The van der Waals surface area contributed by atoms with E-state index in [9.17, 15) is 0 Å². The molecule has 0 aromatic heterocycles. The Morgan fingerprint density at radius 1 is 0.750 bits per heavy atom. The minimum absolute atomic E-state index is 0.818. The third-order valence-corrected chi connectivity index (χ3v) is 11.3. The van der Waals surface area contributed by atoms with E-state index in [1.165, 1.54) is 18.1 Å². The van der Waals surface area contributed by atoms with Gasteiger partial charge in [-0.1, -0.05) is 20.8 Å². The van der Waals surface area contributed by atoms with Gasteiger partial charge in [0.2, 0.25) is 0 Å². The molecule has 0 aromatic rings. The van der Waals surface area contributed by atoms with Gasteiger partial charge in [-0.25, -0.2) is 0 Å². The van der Waals surface area contributed by atoms with Crippen LogP contribution in [0.5, 0.6) is 0 Å². The highest BCUT2D eigenvalue weighted by atomic mass is 28.4.